The summed E-state index contributed by atoms with van der Waals surface area (Å²) >= 11 is 0. The summed E-state index contributed by atoms with van der Waals surface area (Å²) in [6, 6.07) is 7.99. The van der Waals surface area contributed by atoms with Crippen molar-refractivity contribution in [3.8, 4) is 17.1 Å². The number of aromatic carboxylic acids is 1. The molecule has 0 radical (unpaired) electrons. The third-order valence-electron chi connectivity index (χ3n) is 4.85. The van der Waals surface area contributed by atoms with E-state index in [4.69, 9.17) is 9.15 Å². The molecule has 0 aliphatic heterocycles. The molecule has 11 heteroatoms. The van der Waals surface area contributed by atoms with E-state index >= 15 is 0 Å². The van der Waals surface area contributed by atoms with Crippen molar-refractivity contribution in [1.82, 2.24) is 9.97 Å². The molecular formula is C21H18FN3O6S. The summed E-state index contributed by atoms with van der Waals surface area (Å²) in [6.45, 7) is -0.00577. The first-order chi connectivity index (χ1) is 15.1. The number of halogens is 1. The van der Waals surface area contributed by atoms with Gasteiger partial charge in [0.25, 0.3) is 0 Å². The number of ether oxygens (including phenoxy) is 1. The summed E-state index contributed by atoms with van der Waals surface area (Å²) in [5.74, 6) is -1.10. The van der Waals surface area contributed by atoms with Crippen LogP contribution in [0.4, 0.5) is 10.1 Å². The van der Waals surface area contributed by atoms with Crippen LogP contribution in [-0.2, 0) is 16.6 Å². The second kappa shape index (κ2) is 8.00. The maximum atomic E-state index is 13.3. The second-order valence-electron chi connectivity index (χ2n) is 6.99. The van der Waals surface area contributed by atoms with Gasteiger partial charge in [-0.15, -0.1) is 0 Å². The highest BCUT2D eigenvalue weighted by Crippen LogP contribution is 2.40. The van der Waals surface area contributed by atoms with Gasteiger partial charge in [0.15, 0.2) is 0 Å². The summed E-state index contributed by atoms with van der Waals surface area (Å²) in [7, 11) is -2.32. The number of nitrogens with zero attached hydrogens (tertiary/aromatic N) is 2. The Balaban J connectivity index is 1.92. The number of carbonyl (C=O) groups is 1. The molecule has 0 saturated carbocycles. The third-order valence-corrected chi connectivity index (χ3v) is 6.04. The Morgan fingerprint density at radius 1 is 1.28 bits per heavy atom. The number of carboxylic acid groups (broad SMARTS) is 1. The van der Waals surface area contributed by atoms with Gasteiger partial charge < -0.3 is 19.2 Å². The highest BCUT2D eigenvalue weighted by molar-refractivity contribution is 7.92. The van der Waals surface area contributed by atoms with Crippen molar-refractivity contribution in [3.05, 3.63) is 66.0 Å². The molecular weight excluding hydrogens is 441 g/mol. The number of nitrogens with one attached hydrogen (secondary N) is 1. The van der Waals surface area contributed by atoms with Gasteiger partial charge in [-0.2, -0.15) is 0 Å². The van der Waals surface area contributed by atoms with Gasteiger partial charge in [0, 0.05) is 36.5 Å². The average Bonchev–Trinajstić information content (AvgIpc) is 3.38. The number of hydrogen-bond acceptors (Lipinski definition) is 6. The van der Waals surface area contributed by atoms with E-state index in [2.05, 4.69) is 9.97 Å². The molecule has 9 nitrogen and oxygen atoms in total. The zero-order valence-electron chi connectivity index (χ0n) is 17.0. The van der Waals surface area contributed by atoms with E-state index in [-0.39, 0.29) is 40.3 Å². The van der Waals surface area contributed by atoms with Crippen LogP contribution in [0.2, 0.25) is 0 Å². The fraction of sp³-hybridized carbons (Fsp3) is 0.143. The van der Waals surface area contributed by atoms with Crippen LogP contribution in [0.5, 0.6) is 5.75 Å². The monoisotopic (exact) mass is 459 g/mol. The van der Waals surface area contributed by atoms with Crippen molar-refractivity contribution >= 4 is 32.6 Å². The zero-order chi connectivity index (χ0) is 23.0. The summed E-state index contributed by atoms with van der Waals surface area (Å²) in [6.07, 6.45) is 4.18. The lowest BCUT2D eigenvalue weighted by molar-refractivity contribution is 0.0699. The first-order valence-electron chi connectivity index (χ1n) is 9.30. The van der Waals surface area contributed by atoms with E-state index in [0.717, 1.165) is 10.6 Å². The van der Waals surface area contributed by atoms with Crippen molar-refractivity contribution in [3.63, 3.8) is 0 Å². The van der Waals surface area contributed by atoms with Crippen LogP contribution in [0.25, 0.3) is 22.3 Å². The summed E-state index contributed by atoms with van der Waals surface area (Å²) in [4.78, 5) is 19.0. The van der Waals surface area contributed by atoms with Crippen LogP contribution in [0.3, 0.4) is 0 Å². The molecule has 0 fully saturated rings. The van der Waals surface area contributed by atoms with Crippen molar-refractivity contribution in [2.75, 3.05) is 17.6 Å². The number of imidazole rings is 1. The maximum Gasteiger partial charge on any atom is 0.340 e. The molecule has 0 spiro atoms. The molecule has 4 aromatic rings. The Bertz CT molecular complexity index is 1400. The highest BCUT2D eigenvalue weighted by atomic mass is 32.2. The smallest absolute Gasteiger partial charge is 0.340 e. The number of aromatic nitrogens is 2. The molecule has 2 aromatic carbocycles. The molecule has 4 rings (SSSR count). The van der Waals surface area contributed by atoms with Gasteiger partial charge in [-0.25, -0.2) is 22.6 Å². The molecule has 0 unspecified atom stereocenters. The van der Waals surface area contributed by atoms with Gasteiger partial charge in [0.2, 0.25) is 10.0 Å². The standard InChI is InChI=1S/C21H18FN3O6S/c1-25(32(2,28)29)15-10-16-14(9-17(15)30-11-18-23-7-8-24-18)19(21(26)27)20(31-16)12-3-5-13(22)6-4-12/h3-10H,11H2,1-2H3,(H,23,24)(H,26,27). The maximum absolute atomic E-state index is 13.3. The van der Waals surface area contributed by atoms with Crippen LogP contribution in [0.1, 0.15) is 16.2 Å². The van der Waals surface area contributed by atoms with Crippen LogP contribution in [0, 0.1) is 5.82 Å². The van der Waals surface area contributed by atoms with Gasteiger partial charge in [-0.05, 0) is 30.3 Å². The molecule has 0 saturated heterocycles. The SMILES string of the molecule is CN(c1cc2oc(-c3ccc(F)cc3)c(C(=O)O)c2cc1OCc1ncc[nH]1)S(C)(=O)=O. The Labute approximate surface area is 182 Å². The molecule has 2 aromatic heterocycles. The van der Waals surface area contributed by atoms with Gasteiger partial charge in [0.1, 0.15) is 40.9 Å². The van der Waals surface area contributed by atoms with Crippen LogP contribution in [-0.4, -0.2) is 42.8 Å². The summed E-state index contributed by atoms with van der Waals surface area (Å²) in [5.41, 5.74) is 0.500. The Morgan fingerprint density at radius 2 is 2.00 bits per heavy atom. The number of furan rings is 1. The minimum Gasteiger partial charge on any atom is -0.483 e. The average molecular weight is 459 g/mol. The predicted octanol–water partition coefficient (Wildman–Crippen LogP) is 3.64. The molecule has 2 heterocycles. The first-order valence-corrected chi connectivity index (χ1v) is 11.1. The van der Waals surface area contributed by atoms with E-state index in [1.807, 2.05) is 0 Å². The fourth-order valence-electron chi connectivity index (χ4n) is 3.19. The molecule has 0 aliphatic rings. The lowest BCUT2D eigenvalue weighted by Crippen LogP contribution is -2.25. The Morgan fingerprint density at radius 3 is 2.59 bits per heavy atom. The van der Waals surface area contributed by atoms with Gasteiger partial charge in [-0.1, -0.05) is 0 Å². The number of fused-ring (bicyclic) bond motifs is 1. The minimum absolute atomic E-state index is 0.00577. The van der Waals surface area contributed by atoms with Crippen molar-refractivity contribution in [2.24, 2.45) is 0 Å². The third kappa shape index (κ3) is 4.02. The van der Waals surface area contributed by atoms with Gasteiger partial charge in [0.05, 0.1) is 11.9 Å². The second-order valence-corrected chi connectivity index (χ2v) is 9.00. The molecule has 0 bridgehead atoms. The largest absolute Gasteiger partial charge is 0.483 e. The Hall–Kier alpha value is -3.86. The highest BCUT2D eigenvalue weighted by Gasteiger charge is 2.26. The van der Waals surface area contributed by atoms with Crippen molar-refractivity contribution < 1.29 is 31.9 Å². The number of carboxylic acids is 1. The van der Waals surface area contributed by atoms with Crippen molar-refractivity contribution in [1.29, 1.82) is 0 Å². The number of benzene rings is 2. The van der Waals surface area contributed by atoms with Crippen LogP contribution >= 0.6 is 0 Å². The predicted molar refractivity (Wildman–Crippen MR) is 115 cm³/mol. The zero-order valence-corrected chi connectivity index (χ0v) is 17.8. The topological polar surface area (TPSA) is 126 Å². The van der Waals surface area contributed by atoms with Gasteiger partial charge >= 0.3 is 5.97 Å². The minimum atomic E-state index is -3.67. The van der Waals surface area contributed by atoms with Crippen LogP contribution in [0.15, 0.2) is 53.2 Å². The normalized spacial score (nSPS) is 11.6. The molecule has 0 amide bonds. The lowest BCUT2D eigenvalue weighted by atomic mass is 10.0. The number of aromatic amines is 1. The van der Waals surface area contributed by atoms with E-state index < -0.39 is 21.8 Å². The van der Waals surface area contributed by atoms with Gasteiger partial charge in [-0.3, -0.25) is 4.31 Å². The molecule has 166 valence electrons. The fourth-order valence-corrected chi connectivity index (χ4v) is 3.69. The quantitative estimate of drug-likeness (QED) is 0.432. The molecule has 0 aliphatic carbocycles. The van der Waals surface area contributed by atoms with E-state index in [1.165, 1.54) is 43.4 Å². The number of H-pyrrole nitrogens is 1. The first kappa shape index (κ1) is 21.4. The van der Waals surface area contributed by atoms with Crippen LogP contribution < -0.4 is 9.04 Å². The molecule has 32 heavy (non-hydrogen) atoms. The molecule has 0 atom stereocenters. The summed E-state index contributed by atoms with van der Waals surface area (Å²) < 4.78 is 50.3. The van der Waals surface area contributed by atoms with E-state index in [9.17, 15) is 22.7 Å². The van der Waals surface area contributed by atoms with Crippen molar-refractivity contribution in [2.45, 2.75) is 6.61 Å². The molecule has 2 N–H and O–H groups in total. The Kier molecular flexibility index (Phi) is 5.35. The van der Waals surface area contributed by atoms with E-state index in [0.29, 0.717) is 11.4 Å². The summed E-state index contributed by atoms with van der Waals surface area (Å²) in [5, 5.41) is 10.1. The number of sulfonamides is 1. The number of anilines is 1. The number of rotatable bonds is 7. The van der Waals surface area contributed by atoms with E-state index in [1.54, 1.807) is 12.4 Å². The number of hydrogen-bond donors (Lipinski definition) is 2. The lowest BCUT2D eigenvalue weighted by Gasteiger charge is -2.20.